The predicted octanol–water partition coefficient (Wildman–Crippen LogP) is 1.77. The molecule has 0 saturated heterocycles. The smallest absolute Gasteiger partial charge is 0.175 e. The lowest BCUT2D eigenvalue weighted by atomic mass is 10.1. The molecule has 0 amide bonds. The number of hydrogen-bond acceptors (Lipinski definition) is 3. The van der Waals surface area contributed by atoms with Crippen molar-refractivity contribution in [3.63, 3.8) is 0 Å². The Labute approximate surface area is 107 Å². The Bertz CT molecular complexity index is 672. The maximum Gasteiger partial charge on any atom is 0.175 e. The Balaban J connectivity index is 2.59. The largest absolute Gasteiger partial charge is 0.358 e. The molecule has 18 heavy (non-hydrogen) atoms. The number of hydrogen-bond donors (Lipinski definition) is 2. The number of nitrogens with one attached hydrogen (secondary N) is 1. The van der Waals surface area contributed by atoms with Crippen molar-refractivity contribution in [1.29, 1.82) is 0 Å². The van der Waals surface area contributed by atoms with Crippen molar-refractivity contribution >= 4 is 20.7 Å². The van der Waals surface area contributed by atoms with E-state index in [4.69, 9.17) is 5.73 Å². The Kier molecular flexibility index (Phi) is 3.45. The Morgan fingerprint density at radius 2 is 2.06 bits per heavy atom. The van der Waals surface area contributed by atoms with Crippen molar-refractivity contribution in [3.8, 4) is 0 Å². The van der Waals surface area contributed by atoms with Gasteiger partial charge in [-0.05, 0) is 50.1 Å². The molecule has 0 aliphatic rings. The van der Waals surface area contributed by atoms with Crippen LogP contribution >= 0.6 is 0 Å². The Morgan fingerprint density at radius 1 is 1.33 bits per heavy atom. The van der Waals surface area contributed by atoms with E-state index in [1.165, 1.54) is 11.8 Å². The fourth-order valence-electron chi connectivity index (χ4n) is 2.19. The first-order valence-electron chi connectivity index (χ1n) is 5.95. The van der Waals surface area contributed by atoms with Gasteiger partial charge in [-0.1, -0.05) is 0 Å². The number of fused-ring (bicyclic) bond motifs is 1. The maximum absolute atomic E-state index is 11.6. The molecule has 2 aromatic rings. The van der Waals surface area contributed by atoms with Crippen LogP contribution in [0.3, 0.4) is 0 Å². The summed E-state index contributed by atoms with van der Waals surface area (Å²) in [6, 6.07) is 5.21. The lowest BCUT2D eigenvalue weighted by Crippen LogP contribution is -2.01. The number of H-pyrrole nitrogens is 1. The van der Waals surface area contributed by atoms with E-state index in [0.29, 0.717) is 11.4 Å². The zero-order valence-corrected chi connectivity index (χ0v) is 11.5. The molecular weight excluding hydrogens is 248 g/mol. The fourth-order valence-corrected chi connectivity index (χ4v) is 2.84. The van der Waals surface area contributed by atoms with E-state index in [0.717, 1.165) is 29.4 Å². The van der Waals surface area contributed by atoms with Crippen molar-refractivity contribution in [1.82, 2.24) is 4.98 Å². The molecule has 5 heteroatoms. The van der Waals surface area contributed by atoms with Crippen LogP contribution in [-0.4, -0.2) is 26.2 Å². The molecule has 0 bridgehead atoms. The molecule has 0 atom stereocenters. The number of benzene rings is 1. The van der Waals surface area contributed by atoms with Gasteiger partial charge in [0.15, 0.2) is 9.84 Å². The Morgan fingerprint density at radius 3 is 2.67 bits per heavy atom. The van der Waals surface area contributed by atoms with Crippen molar-refractivity contribution in [2.75, 3.05) is 12.8 Å². The first-order valence-corrected chi connectivity index (χ1v) is 7.84. The second-order valence-corrected chi connectivity index (χ2v) is 6.62. The first-order chi connectivity index (χ1) is 8.43. The monoisotopic (exact) mass is 266 g/mol. The van der Waals surface area contributed by atoms with E-state index in [2.05, 4.69) is 4.98 Å². The molecule has 0 spiro atoms. The summed E-state index contributed by atoms with van der Waals surface area (Å²) in [7, 11) is -3.16. The average Bonchev–Trinajstić information content (AvgIpc) is 2.60. The molecule has 1 aromatic carbocycles. The van der Waals surface area contributed by atoms with E-state index in [1.807, 2.05) is 13.0 Å². The standard InChI is InChI=1S/C13H18N2O2S/c1-9-11(4-3-7-14)12-8-10(18(2,16)17)5-6-13(12)15-9/h5-6,8,15H,3-4,7,14H2,1-2H3. The molecule has 0 fully saturated rings. The summed E-state index contributed by atoms with van der Waals surface area (Å²) >= 11 is 0. The third-order valence-electron chi connectivity index (χ3n) is 3.15. The van der Waals surface area contributed by atoms with Crippen LogP contribution < -0.4 is 5.73 Å². The number of aromatic amines is 1. The normalized spacial score (nSPS) is 12.2. The van der Waals surface area contributed by atoms with Gasteiger partial charge >= 0.3 is 0 Å². The predicted molar refractivity (Wildman–Crippen MR) is 73.5 cm³/mol. The van der Waals surface area contributed by atoms with Gasteiger partial charge in [0.2, 0.25) is 0 Å². The zero-order valence-electron chi connectivity index (χ0n) is 10.7. The molecule has 0 aliphatic heterocycles. The second-order valence-electron chi connectivity index (χ2n) is 4.60. The first kappa shape index (κ1) is 13.1. The van der Waals surface area contributed by atoms with Crippen molar-refractivity contribution in [2.24, 2.45) is 5.73 Å². The van der Waals surface area contributed by atoms with E-state index < -0.39 is 9.84 Å². The van der Waals surface area contributed by atoms with Gasteiger partial charge in [-0.15, -0.1) is 0 Å². The SMILES string of the molecule is Cc1[nH]c2ccc(S(C)(=O)=O)cc2c1CCCN. The minimum Gasteiger partial charge on any atom is -0.358 e. The van der Waals surface area contributed by atoms with Crippen molar-refractivity contribution < 1.29 is 8.42 Å². The molecule has 0 saturated carbocycles. The molecule has 98 valence electrons. The molecule has 1 aromatic heterocycles. The van der Waals surface area contributed by atoms with E-state index in [1.54, 1.807) is 12.1 Å². The molecule has 2 rings (SSSR count). The lowest BCUT2D eigenvalue weighted by Gasteiger charge is -2.02. The third-order valence-corrected chi connectivity index (χ3v) is 4.26. The van der Waals surface area contributed by atoms with Crippen molar-refractivity contribution in [2.45, 2.75) is 24.7 Å². The topological polar surface area (TPSA) is 76.0 Å². The van der Waals surface area contributed by atoms with E-state index in [9.17, 15) is 8.42 Å². The molecule has 3 N–H and O–H groups in total. The minimum atomic E-state index is -3.16. The summed E-state index contributed by atoms with van der Waals surface area (Å²) in [5.41, 5.74) is 8.77. The highest BCUT2D eigenvalue weighted by Gasteiger charge is 2.12. The van der Waals surface area contributed by atoms with Crippen LogP contribution in [0, 0.1) is 6.92 Å². The molecule has 0 radical (unpaired) electrons. The van der Waals surface area contributed by atoms with Crippen LogP contribution in [0.15, 0.2) is 23.1 Å². The quantitative estimate of drug-likeness (QED) is 0.885. The number of rotatable bonds is 4. The molecule has 1 heterocycles. The number of nitrogens with two attached hydrogens (primary N) is 1. The summed E-state index contributed by atoms with van der Waals surface area (Å²) < 4.78 is 23.2. The molecule has 0 aliphatic carbocycles. The fraction of sp³-hybridized carbons (Fsp3) is 0.385. The number of aryl methyl sites for hydroxylation is 2. The Hall–Kier alpha value is -1.33. The van der Waals surface area contributed by atoms with E-state index in [-0.39, 0.29) is 0 Å². The van der Waals surface area contributed by atoms with Crippen LogP contribution in [0.5, 0.6) is 0 Å². The summed E-state index contributed by atoms with van der Waals surface area (Å²) in [6.07, 6.45) is 3.00. The average molecular weight is 266 g/mol. The molecule has 4 nitrogen and oxygen atoms in total. The van der Waals surface area contributed by atoms with Crippen LogP contribution in [0.1, 0.15) is 17.7 Å². The van der Waals surface area contributed by atoms with Gasteiger partial charge in [-0.25, -0.2) is 8.42 Å². The summed E-state index contributed by atoms with van der Waals surface area (Å²) in [5.74, 6) is 0. The van der Waals surface area contributed by atoms with Crippen LogP contribution in [0.2, 0.25) is 0 Å². The van der Waals surface area contributed by atoms with Gasteiger partial charge in [0.1, 0.15) is 0 Å². The van der Waals surface area contributed by atoms with Crippen LogP contribution in [0.4, 0.5) is 0 Å². The summed E-state index contributed by atoms with van der Waals surface area (Å²) in [4.78, 5) is 3.64. The number of aromatic nitrogens is 1. The second kappa shape index (κ2) is 4.74. The minimum absolute atomic E-state index is 0.364. The summed E-state index contributed by atoms with van der Waals surface area (Å²) in [5, 5.41) is 0.990. The zero-order chi connectivity index (χ0) is 13.3. The van der Waals surface area contributed by atoms with Gasteiger partial charge in [0.05, 0.1) is 4.90 Å². The lowest BCUT2D eigenvalue weighted by molar-refractivity contribution is 0.602. The summed E-state index contributed by atoms with van der Waals surface area (Å²) in [6.45, 7) is 2.64. The van der Waals surface area contributed by atoms with Gasteiger partial charge in [-0.3, -0.25) is 0 Å². The third kappa shape index (κ3) is 2.42. The van der Waals surface area contributed by atoms with Gasteiger partial charge in [0.25, 0.3) is 0 Å². The van der Waals surface area contributed by atoms with Gasteiger partial charge in [0, 0.05) is 22.9 Å². The van der Waals surface area contributed by atoms with Crippen LogP contribution in [-0.2, 0) is 16.3 Å². The van der Waals surface area contributed by atoms with Crippen LogP contribution in [0.25, 0.3) is 10.9 Å². The molecular formula is C13H18N2O2S. The number of sulfone groups is 1. The highest BCUT2D eigenvalue weighted by atomic mass is 32.2. The van der Waals surface area contributed by atoms with Crippen molar-refractivity contribution in [3.05, 3.63) is 29.5 Å². The highest BCUT2D eigenvalue weighted by Crippen LogP contribution is 2.26. The van der Waals surface area contributed by atoms with Gasteiger partial charge < -0.3 is 10.7 Å². The van der Waals surface area contributed by atoms with E-state index >= 15 is 0 Å². The molecule has 0 unspecified atom stereocenters. The maximum atomic E-state index is 11.6. The van der Waals surface area contributed by atoms with Gasteiger partial charge in [-0.2, -0.15) is 0 Å². The highest BCUT2D eigenvalue weighted by molar-refractivity contribution is 7.90.